The summed E-state index contributed by atoms with van der Waals surface area (Å²) in [4.78, 5) is 42.8. The minimum atomic E-state index is -1.14. The number of pyridine rings is 1. The summed E-state index contributed by atoms with van der Waals surface area (Å²) in [6.45, 7) is 22.3. The number of ether oxygens (including phenoxy) is 1. The van der Waals surface area contributed by atoms with Gasteiger partial charge in [0, 0.05) is 18.0 Å². The highest BCUT2D eigenvalue weighted by Crippen LogP contribution is 2.78. The Morgan fingerprint density at radius 1 is 0.939 bits per heavy atom. The van der Waals surface area contributed by atoms with Gasteiger partial charge in [0.05, 0.1) is 11.8 Å². The molecular formula is C42H62N2O5. The highest BCUT2D eigenvalue weighted by Gasteiger charge is 2.71. The van der Waals surface area contributed by atoms with Gasteiger partial charge >= 0.3 is 11.9 Å². The molecule has 2 N–H and O–H groups in total. The van der Waals surface area contributed by atoms with Crippen LogP contribution in [0.3, 0.4) is 0 Å². The van der Waals surface area contributed by atoms with Gasteiger partial charge in [0.15, 0.2) is 0 Å². The van der Waals surface area contributed by atoms with Crippen molar-refractivity contribution in [1.29, 1.82) is 0 Å². The molecule has 1 heterocycles. The van der Waals surface area contributed by atoms with E-state index in [0.717, 1.165) is 44.9 Å². The van der Waals surface area contributed by atoms with Crippen molar-refractivity contribution in [3.8, 4) is 0 Å². The summed E-state index contributed by atoms with van der Waals surface area (Å²) in [5, 5.41) is 12.7. The summed E-state index contributed by atoms with van der Waals surface area (Å²) < 4.78 is 6.17. The fraction of sp³-hybridized carbons (Fsp3) is 0.762. The van der Waals surface area contributed by atoms with E-state index in [2.05, 4.69) is 58.4 Å². The molecule has 5 fully saturated rings. The molecule has 0 bridgehead atoms. The van der Waals surface area contributed by atoms with Crippen LogP contribution in [-0.2, 0) is 19.1 Å². The maximum atomic E-state index is 13.6. The predicted molar refractivity (Wildman–Crippen MR) is 192 cm³/mol. The first-order valence-electron chi connectivity index (χ1n) is 19.1. The number of anilines is 1. The van der Waals surface area contributed by atoms with Gasteiger partial charge in [-0.15, -0.1) is 0 Å². The van der Waals surface area contributed by atoms with Gasteiger partial charge in [-0.2, -0.15) is 0 Å². The van der Waals surface area contributed by atoms with Gasteiger partial charge in [0.1, 0.15) is 11.9 Å². The summed E-state index contributed by atoms with van der Waals surface area (Å²) >= 11 is 0. The lowest BCUT2D eigenvalue weighted by molar-refractivity contribution is -0.250. The maximum Gasteiger partial charge on any atom is 0.309 e. The Kier molecular flexibility index (Phi) is 9.00. The van der Waals surface area contributed by atoms with E-state index < -0.39 is 17.4 Å². The van der Waals surface area contributed by atoms with Crippen LogP contribution in [0, 0.1) is 62.1 Å². The number of hydrogen-bond donors (Lipinski definition) is 2. The Hall–Kier alpha value is -2.70. The molecule has 0 aromatic carbocycles. The molecule has 270 valence electrons. The summed E-state index contributed by atoms with van der Waals surface area (Å²) in [7, 11) is 0. The largest absolute Gasteiger partial charge is 0.481 e. The highest BCUT2D eigenvalue weighted by molar-refractivity contribution is 5.90. The van der Waals surface area contributed by atoms with E-state index in [9.17, 15) is 19.5 Å². The molecule has 1 aromatic rings. The van der Waals surface area contributed by atoms with Crippen molar-refractivity contribution >= 4 is 23.7 Å². The molecule has 7 nitrogen and oxygen atoms in total. The highest BCUT2D eigenvalue weighted by atomic mass is 16.5. The number of carbonyl (C=O) groups is 3. The Balaban J connectivity index is 1.25. The van der Waals surface area contributed by atoms with Crippen LogP contribution in [0.1, 0.15) is 132 Å². The lowest BCUT2D eigenvalue weighted by Gasteiger charge is -2.73. The number of carboxylic acids is 1. The van der Waals surface area contributed by atoms with Crippen LogP contribution in [0.4, 0.5) is 5.82 Å². The van der Waals surface area contributed by atoms with Crippen LogP contribution in [0.25, 0.3) is 0 Å². The zero-order chi connectivity index (χ0) is 35.8. The summed E-state index contributed by atoms with van der Waals surface area (Å²) in [5.74, 6) is 1.81. The van der Waals surface area contributed by atoms with Gasteiger partial charge in [-0.3, -0.25) is 14.4 Å². The summed E-state index contributed by atoms with van der Waals surface area (Å²) in [6.07, 6.45) is 12.9. The number of allylic oxidation sites excluding steroid dienone is 1. The first-order valence-corrected chi connectivity index (χ1v) is 19.1. The van der Waals surface area contributed by atoms with E-state index in [4.69, 9.17) is 4.74 Å². The predicted octanol–water partition coefficient (Wildman–Crippen LogP) is 9.48. The second-order valence-corrected chi connectivity index (χ2v) is 19.2. The fourth-order valence-electron chi connectivity index (χ4n) is 13.4. The maximum absolute atomic E-state index is 13.6. The van der Waals surface area contributed by atoms with Gasteiger partial charge in [-0.05, 0) is 148 Å². The molecule has 10 atom stereocenters. The average Bonchev–Trinajstić information content (AvgIpc) is 3.38. The smallest absolute Gasteiger partial charge is 0.309 e. The zero-order valence-corrected chi connectivity index (χ0v) is 31.5. The normalized spacial score (nSPS) is 40.9. The number of carbonyl (C=O) groups excluding carboxylic acids is 2. The molecule has 0 aliphatic heterocycles. The second-order valence-electron chi connectivity index (χ2n) is 19.2. The number of aromatic nitrogens is 1. The number of rotatable bonds is 8. The van der Waals surface area contributed by atoms with Crippen LogP contribution in [0.2, 0.25) is 0 Å². The number of nitrogens with one attached hydrogen (secondary N) is 1. The quantitative estimate of drug-likeness (QED) is 0.210. The lowest BCUT2D eigenvalue weighted by Crippen LogP contribution is -2.66. The number of esters is 1. The molecule has 0 radical (unpaired) electrons. The molecule has 6 rings (SSSR count). The molecule has 1 aromatic heterocycles. The van der Waals surface area contributed by atoms with Crippen molar-refractivity contribution in [3.05, 3.63) is 36.5 Å². The molecule has 5 aliphatic carbocycles. The molecule has 5 aliphatic rings. The standard InChI is InChI=1S/C42H62N2O5/c1-26(2)27-15-20-42(24-33(45)44-32-12-10-11-23-43-32)22-21-40(8)28(35(27)42)13-14-30-39(7)18-17-31(49-34(46)25-37(3,4)36(47)48)38(5,6)29(39)16-19-41(30,40)9/h10-12,23,27-31,35H,1,13-22,24-25H2,2-9H3,(H,47,48)(H,43,44,45)/t27-,28+,29-,30+,31-,35+,39-,40+,41+,42+/m0/s1. The Morgan fingerprint density at radius 3 is 2.33 bits per heavy atom. The first kappa shape index (κ1) is 36.1. The molecule has 7 heteroatoms. The van der Waals surface area contributed by atoms with Crippen molar-refractivity contribution < 1.29 is 24.2 Å². The van der Waals surface area contributed by atoms with Crippen LogP contribution >= 0.6 is 0 Å². The van der Waals surface area contributed by atoms with Gasteiger partial charge in [0.25, 0.3) is 0 Å². The molecular weight excluding hydrogens is 612 g/mol. The third-order valence-electron chi connectivity index (χ3n) is 16.1. The van der Waals surface area contributed by atoms with Crippen molar-refractivity contribution in [2.45, 2.75) is 139 Å². The summed E-state index contributed by atoms with van der Waals surface area (Å²) in [5.41, 5.74) is 0.415. The molecule has 0 spiro atoms. The van der Waals surface area contributed by atoms with Crippen LogP contribution in [-0.4, -0.2) is 34.0 Å². The average molecular weight is 675 g/mol. The van der Waals surface area contributed by atoms with Crippen molar-refractivity contribution in [2.24, 2.45) is 62.1 Å². The molecule has 1 amide bonds. The monoisotopic (exact) mass is 674 g/mol. The van der Waals surface area contributed by atoms with E-state index in [1.54, 1.807) is 20.0 Å². The van der Waals surface area contributed by atoms with Crippen LogP contribution < -0.4 is 5.32 Å². The molecule has 49 heavy (non-hydrogen) atoms. The number of aliphatic carboxylic acids is 1. The zero-order valence-electron chi connectivity index (χ0n) is 31.5. The van der Waals surface area contributed by atoms with Gasteiger partial charge < -0.3 is 15.2 Å². The fourth-order valence-corrected chi connectivity index (χ4v) is 13.4. The molecule has 0 unspecified atom stereocenters. The summed E-state index contributed by atoms with van der Waals surface area (Å²) in [6, 6.07) is 5.66. The number of hydrogen-bond acceptors (Lipinski definition) is 5. The first-order chi connectivity index (χ1) is 22.8. The van der Waals surface area contributed by atoms with E-state index in [1.165, 1.54) is 24.8 Å². The number of nitrogens with zero attached hydrogens (tertiary/aromatic N) is 1. The minimum absolute atomic E-state index is 0.00388. The van der Waals surface area contributed by atoms with Crippen LogP contribution in [0.5, 0.6) is 0 Å². The number of fused-ring (bicyclic) bond motifs is 7. The van der Waals surface area contributed by atoms with Gasteiger partial charge in [-0.25, -0.2) is 4.98 Å². The van der Waals surface area contributed by atoms with Crippen molar-refractivity contribution in [2.75, 3.05) is 5.32 Å². The van der Waals surface area contributed by atoms with E-state index in [-0.39, 0.29) is 45.5 Å². The molecule has 0 saturated heterocycles. The van der Waals surface area contributed by atoms with Gasteiger partial charge in [0.2, 0.25) is 5.91 Å². The topological polar surface area (TPSA) is 106 Å². The lowest BCUT2D eigenvalue weighted by atomic mass is 9.32. The third kappa shape index (κ3) is 5.68. The van der Waals surface area contributed by atoms with Crippen molar-refractivity contribution in [3.63, 3.8) is 0 Å². The van der Waals surface area contributed by atoms with E-state index in [0.29, 0.717) is 41.8 Å². The van der Waals surface area contributed by atoms with Crippen molar-refractivity contribution in [1.82, 2.24) is 4.98 Å². The Bertz CT molecular complexity index is 1490. The van der Waals surface area contributed by atoms with E-state index >= 15 is 0 Å². The number of carboxylic acid groups (broad SMARTS) is 1. The van der Waals surface area contributed by atoms with Gasteiger partial charge in [-0.1, -0.05) is 52.8 Å². The second kappa shape index (κ2) is 12.2. The Labute approximate surface area is 294 Å². The van der Waals surface area contributed by atoms with E-state index in [1.807, 2.05) is 18.2 Å². The SMILES string of the molecule is C=C(C)[C@@H]1CC[C@]2(CC(=O)Nc3ccccn3)CC[C@]3(C)[C@H](CC[C@@H]4[C@@]5(C)CC[C@H](OC(=O)CC(C)(C)C(=O)O)C(C)(C)[C@@H]5CC[C@]43C)[C@@H]12. The van der Waals surface area contributed by atoms with Crippen LogP contribution in [0.15, 0.2) is 36.5 Å². The Morgan fingerprint density at radius 2 is 1.67 bits per heavy atom. The minimum Gasteiger partial charge on any atom is -0.481 e. The third-order valence-corrected chi connectivity index (χ3v) is 16.1. The number of amides is 1. The molecule has 5 saturated carbocycles.